The van der Waals surface area contributed by atoms with Crippen molar-refractivity contribution in [1.29, 1.82) is 0 Å². The summed E-state index contributed by atoms with van der Waals surface area (Å²) >= 11 is 0. The Morgan fingerprint density at radius 2 is 2.11 bits per heavy atom. The van der Waals surface area contributed by atoms with Crippen LogP contribution in [-0.4, -0.2) is 60.6 Å². The fourth-order valence-electron chi connectivity index (χ4n) is 2.06. The highest BCUT2D eigenvalue weighted by atomic mass is 16.4. The van der Waals surface area contributed by atoms with Gasteiger partial charge in [0, 0.05) is 32.7 Å². The molecule has 5 heteroatoms. The number of rotatable bonds is 4. The molecule has 1 amide bonds. The van der Waals surface area contributed by atoms with Crippen LogP contribution in [0.1, 0.15) is 11.1 Å². The van der Waals surface area contributed by atoms with Crippen LogP contribution < -0.4 is 0 Å². The zero-order chi connectivity index (χ0) is 13.8. The van der Waals surface area contributed by atoms with Gasteiger partial charge >= 0.3 is 6.09 Å². The quantitative estimate of drug-likeness (QED) is 0.894. The van der Waals surface area contributed by atoms with Crippen LogP contribution in [-0.2, 0) is 6.42 Å². The van der Waals surface area contributed by atoms with E-state index < -0.39 is 6.09 Å². The van der Waals surface area contributed by atoms with Crippen LogP contribution in [0.25, 0.3) is 0 Å². The van der Waals surface area contributed by atoms with Crippen molar-refractivity contribution in [2.45, 2.75) is 6.42 Å². The van der Waals surface area contributed by atoms with Gasteiger partial charge in [-0.2, -0.15) is 0 Å². The average molecular weight is 261 g/mol. The van der Waals surface area contributed by atoms with Crippen LogP contribution in [0.15, 0.2) is 29.3 Å². The number of likely N-dealkylation sites (N-methyl/N-ethyl adjacent to an activating group) is 2. The van der Waals surface area contributed by atoms with Crippen molar-refractivity contribution in [2.75, 3.05) is 33.7 Å². The van der Waals surface area contributed by atoms with E-state index in [4.69, 9.17) is 5.11 Å². The molecule has 1 N–H and O–H groups in total. The molecule has 0 aromatic heterocycles. The van der Waals surface area contributed by atoms with E-state index in [0.717, 1.165) is 36.5 Å². The number of carbonyl (C=O) groups is 1. The first-order valence-corrected chi connectivity index (χ1v) is 6.37. The first kappa shape index (κ1) is 13.4. The average Bonchev–Trinajstić information content (AvgIpc) is 2.82. The lowest BCUT2D eigenvalue weighted by atomic mass is 10.1. The first-order chi connectivity index (χ1) is 9.08. The number of benzene rings is 1. The summed E-state index contributed by atoms with van der Waals surface area (Å²) in [6.45, 7) is 2.34. The van der Waals surface area contributed by atoms with Crippen molar-refractivity contribution in [2.24, 2.45) is 4.99 Å². The second-order valence-electron chi connectivity index (χ2n) is 4.78. The molecule has 0 saturated carbocycles. The highest BCUT2D eigenvalue weighted by Gasteiger charge is 2.14. The van der Waals surface area contributed by atoms with E-state index in [1.807, 2.05) is 19.2 Å². The largest absolute Gasteiger partial charge is 0.465 e. The molecule has 0 unspecified atom stereocenters. The Bertz CT molecular complexity index is 482. The minimum atomic E-state index is -0.890. The van der Waals surface area contributed by atoms with E-state index in [1.54, 1.807) is 7.05 Å². The molecule has 0 spiro atoms. The van der Waals surface area contributed by atoms with Gasteiger partial charge in [-0.3, -0.25) is 4.99 Å². The molecular formula is C14H19N3O2. The van der Waals surface area contributed by atoms with Gasteiger partial charge in [0.2, 0.25) is 0 Å². The topological polar surface area (TPSA) is 56.1 Å². The standard InChI is InChI=1S/C14H19N3O2/c1-16-10-8-15-13(16)12-5-3-11(4-6-12)7-9-17(2)14(18)19/h3-6H,7-10H2,1-2H3,(H,18,19). The molecule has 102 valence electrons. The van der Waals surface area contributed by atoms with Crippen molar-refractivity contribution >= 4 is 11.9 Å². The number of amides is 1. The highest BCUT2D eigenvalue weighted by molar-refractivity contribution is 5.99. The van der Waals surface area contributed by atoms with Gasteiger partial charge in [0.05, 0.1) is 6.54 Å². The van der Waals surface area contributed by atoms with Crippen LogP contribution in [0.4, 0.5) is 4.79 Å². The molecule has 1 heterocycles. The van der Waals surface area contributed by atoms with Crippen molar-refractivity contribution in [1.82, 2.24) is 9.80 Å². The third-order valence-corrected chi connectivity index (χ3v) is 3.33. The predicted molar refractivity (Wildman–Crippen MR) is 74.8 cm³/mol. The van der Waals surface area contributed by atoms with Crippen LogP contribution in [0, 0.1) is 0 Å². The van der Waals surface area contributed by atoms with Crippen molar-refractivity contribution in [3.05, 3.63) is 35.4 Å². The van der Waals surface area contributed by atoms with E-state index in [9.17, 15) is 4.79 Å². The van der Waals surface area contributed by atoms with Gasteiger partial charge in [-0.1, -0.05) is 24.3 Å². The van der Waals surface area contributed by atoms with Gasteiger partial charge in [0.25, 0.3) is 0 Å². The predicted octanol–water partition coefficient (Wildman–Crippen LogP) is 1.53. The van der Waals surface area contributed by atoms with Crippen molar-refractivity contribution in [3.63, 3.8) is 0 Å². The second-order valence-corrected chi connectivity index (χ2v) is 4.78. The van der Waals surface area contributed by atoms with E-state index >= 15 is 0 Å². The Morgan fingerprint density at radius 1 is 1.42 bits per heavy atom. The molecule has 1 aromatic carbocycles. The molecular weight excluding hydrogens is 242 g/mol. The molecule has 0 fully saturated rings. The molecule has 1 aliphatic rings. The lowest BCUT2D eigenvalue weighted by Gasteiger charge is -2.15. The fraction of sp³-hybridized carbons (Fsp3) is 0.429. The molecule has 1 aliphatic heterocycles. The summed E-state index contributed by atoms with van der Waals surface area (Å²) in [5, 5.41) is 8.78. The van der Waals surface area contributed by atoms with Crippen LogP contribution in [0.3, 0.4) is 0 Å². The Kier molecular flexibility index (Phi) is 4.04. The lowest BCUT2D eigenvalue weighted by Crippen LogP contribution is -2.26. The van der Waals surface area contributed by atoms with Crippen LogP contribution >= 0.6 is 0 Å². The summed E-state index contributed by atoms with van der Waals surface area (Å²) in [5.41, 5.74) is 2.26. The van der Waals surface area contributed by atoms with Crippen molar-refractivity contribution < 1.29 is 9.90 Å². The Morgan fingerprint density at radius 3 is 2.63 bits per heavy atom. The Balaban J connectivity index is 1.97. The van der Waals surface area contributed by atoms with Gasteiger partial charge < -0.3 is 14.9 Å². The zero-order valence-electron chi connectivity index (χ0n) is 11.3. The highest BCUT2D eigenvalue weighted by Crippen LogP contribution is 2.11. The summed E-state index contributed by atoms with van der Waals surface area (Å²) in [4.78, 5) is 18.6. The summed E-state index contributed by atoms with van der Waals surface area (Å²) in [5.74, 6) is 1.04. The maximum atomic E-state index is 10.7. The molecule has 2 rings (SSSR count). The number of carboxylic acid groups (broad SMARTS) is 1. The van der Waals surface area contributed by atoms with E-state index in [2.05, 4.69) is 22.0 Å². The molecule has 0 aliphatic carbocycles. The second kappa shape index (κ2) is 5.73. The van der Waals surface area contributed by atoms with Gasteiger partial charge in [0.1, 0.15) is 5.84 Å². The van der Waals surface area contributed by atoms with E-state index in [-0.39, 0.29) is 0 Å². The third kappa shape index (κ3) is 3.24. The number of amidine groups is 1. The smallest absolute Gasteiger partial charge is 0.407 e. The fourth-order valence-corrected chi connectivity index (χ4v) is 2.06. The van der Waals surface area contributed by atoms with Crippen LogP contribution in [0.2, 0.25) is 0 Å². The van der Waals surface area contributed by atoms with Gasteiger partial charge in [0.15, 0.2) is 0 Å². The zero-order valence-corrected chi connectivity index (χ0v) is 11.3. The summed E-state index contributed by atoms with van der Waals surface area (Å²) < 4.78 is 0. The number of hydrogen-bond donors (Lipinski definition) is 1. The number of nitrogens with zero attached hydrogens (tertiary/aromatic N) is 3. The van der Waals surface area contributed by atoms with Crippen molar-refractivity contribution in [3.8, 4) is 0 Å². The van der Waals surface area contributed by atoms with Crippen LogP contribution in [0.5, 0.6) is 0 Å². The summed E-state index contributed by atoms with van der Waals surface area (Å²) in [7, 11) is 3.63. The SMILES string of the molecule is CN(CCc1ccc(C2=NCCN2C)cc1)C(=O)O. The van der Waals surface area contributed by atoms with Gasteiger partial charge in [-0.05, 0) is 12.0 Å². The molecule has 0 bridgehead atoms. The maximum absolute atomic E-state index is 10.7. The Labute approximate surface area is 113 Å². The maximum Gasteiger partial charge on any atom is 0.407 e. The monoisotopic (exact) mass is 261 g/mol. The van der Waals surface area contributed by atoms with Gasteiger partial charge in [-0.15, -0.1) is 0 Å². The summed E-state index contributed by atoms with van der Waals surface area (Å²) in [6.07, 6.45) is -0.163. The Hall–Kier alpha value is -2.04. The lowest BCUT2D eigenvalue weighted by molar-refractivity contribution is 0.156. The first-order valence-electron chi connectivity index (χ1n) is 6.37. The van der Waals surface area contributed by atoms with E-state index in [0.29, 0.717) is 6.54 Å². The molecule has 0 saturated heterocycles. The molecule has 0 atom stereocenters. The minimum Gasteiger partial charge on any atom is -0.465 e. The molecule has 0 radical (unpaired) electrons. The minimum absolute atomic E-state index is 0.509. The number of aliphatic imine (C=N–C) groups is 1. The molecule has 5 nitrogen and oxygen atoms in total. The summed E-state index contributed by atoms with van der Waals surface area (Å²) in [6, 6.07) is 8.19. The van der Waals surface area contributed by atoms with Gasteiger partial charge in [-0.25, -0.2) is 4.79 Å². The third-order valence-electron chi connectivity index (χ3n) is 3.33. The molecule has 1 aromatic rings. The normalized spacial score (nSPS) is 14.4. The van der Waals surface area contributed by atoms with E-state index in [1.165, 1.54) is 4.90 Å². The molecule has 19 heavy (non-hydrogen) atoms. The number of hydrogen-bond acceptors (Lipinski definition) is 3.